The number of hydrogen-bond acceptors (Lipinski definition) is 5. The zero-order valence-corrected chi connectivity index (χ0v) is 14.7. The molecule has 0 spiro atoms. The minimum absolute atomic E-state index is 0.0714. The molecule has 1 aromatic carbocycles. The first-order chi connectivity index (χ1) is 10.6. The second-order valence-corrected chi connectivity index (χ2v) is 5.59. The van der Waals surface area contributed by atoms with E-state index < -0.39 is 0 Å². The minimum atomic E-state index is -0.323. The summed E-state index contributed by atoms with van der Waals surface area (Å²) >= 11 is 7.29. The zero-order valence-electron chi connectivity index (χ0n) is 13.1. The van der Waals surface area contributed by atoms with Crippen LogP contribution < -0.4 is 5.32 Å². The van der Waals surface area contributed by atoms with Crippen LogP contribution in [0, 0.1) is 0 Å². The van der Waals surface area contributed by atoms with E-state index in [1.807, 2.05) is 20.1 Å². The summed E-state index contributed by atoms with van der Waals surface area (Å²) in [5.74, 6) is -0.0714. The van der Waals surface area contributed by atoms with Gasteiger partial charge in [0, 0.05) is 29.9 Å². The van der Waals surface area contributed by atoms with E-state index in [1.54, 1.807) is 30.3 Å². The lowest BCUT2D eigenvalue weighted by Gasteiger charge is -2.18. The van der Waals surface area contributed by atoms with E-state index in [1.165, 1.54) is 11.8 Å². The Hall–Kier alpha value is -1.01. The molecular formula is C16H22ClNO3S. The second-order valence-electron chi connectivity index (χ2n) is 4.30. The largest absolute Gasteiger partial charge is 0.375 e. The van der Waals surface area contributed by atoms with Crippen molar-refractivity contribution < 1.29 is 14.3 Å². The molecule has 0 unspecified atom stereocenters. The van der Waals surface area contributed by atoms with Crippen molar-refractivity contribution in [3.63, 3.8) is 0 Å². The lowest BCUT2D eigenvalue weighted by atomic mass is 10.1. The molecule has 0 amide bonds. The lowest BCUT2D eigenvalue weighted by molar-refractivity contribution is -0.131. The third kappa shape index (κ3) is 6.83. The number of carbonyl (C=O) groups excluding carboxylic acids is 1. The number of hydrogen-bond donors (Lipinski definition) is 1. The van der Waals surface area contributed by atoms with Gasteiger partial charge in [0.15, 0.2) is 12.1 Å². The number of benzene rings is 1. The van der Waals surface area contributed by atoms with Crippen LogP contribution in [0.5, 0.6) is 0 Å². The fraction of sp³-hybridized carbons (Fsp3) is 0.438. The average molecular weight is 344 g/mol. The van der Waals surface area contributed by atoms with E-state index in [0.717, 1.165) is 5.03 Å². The number of ether oxygens (including phenoxy) is 2. The van der Waals surface area contributed by atoms with Crippen LogP contribution in [0.4, 0.5) is 0 Å². The molecule has 22 heavy (non-hydrogen) atoms. The van der Waals surface area contributed by atoms with Gasteiger partial charge in [-0.3, -0.25) is 4.79 Å². The molecule has 4 nitrogen and oxygen atoms in total. The topological polar surface area (TPSA) is 47.6 Å². The van der Waals surface area contributed by atoms with Crippen LogP contribution in [0.15, 0.2) is 35.4 Å². The Balaban J connectivity index is 2.65. The minimum Gasteiger partial charge on any atom is -0.375 e. The maximum atomic E-state index is 12.2. The predicted octanol–water partition coefficient (Wildman–Crippen LogP) is 3.72. The average Bonchev–Trinajstić information content (AvgIpc) is 2.52. The zero-order chi connectivity index (χ0) is 16.4. The third-order valence-electron chi connectivity index (χ3n) is 2.76. The highest BCUT2D eigenvalue weighted by Crippen LogP contribution is 2.14. The molecule has 6 heteroatoms. The van der Waals surface area contributed by atoms with Crippen molar-refractivity contribution in [2.24, 2.45) is 0 Å². The Labute approximate surface area is 141 Å². The summed E-state index contributed by atoms with van der Waals surface area (Å²) in [5.41, 5.74) is 0.601. The first kappa shape index (κ1) is 19.0. The molecule has 0 fully saturated rings. The summed E-state index contributed by atoms with van der Waals surface area (Å²) in [6.07, 6.45) is 3.16. The molecule has 0 aliphatic rings. The lowest BCUT2D eigenvalue weighted by Crippen LogP contribution is -2.30. The standard InChI is InChI=1S/C16H22ClNO3S/c1-4-20-16(21-5-2)11-18-15(22-3)10-14(19)12-6-8-13(17)9-7-12/h6-10,16,18H,4-5,11H2,1-3H3/b15-10-. The Bertz CT molecular complexity index is 485. The van der Waals surface area contributed by atoms with Gasteiger partial charge in [0.05, 0.1) is 11.6 Å². The fourth-order valence-electron chi connectivity index (χ4n) is 1.72. The van der Waals surface area contributed by atoms with Crippen molar-refractivity contribution in [3.8, 4) is 0 Å². The molecule has 0 bridgehead atoms. The number of carbonyl (C=O) groups is 1. The van der Waals surface area contributed by atoms with E-state index in [2.05, 4.69) is 5.32 Å². The molecule has 1 N–H and O–H groups in total. The van der Waals surface area contributed by atoms with Crippen molar-refractivity contribution in [1.82, 2.24) is 5.32 Å². The maximum Gasteiger partial charge on any atom is 0.188 e. The molecular weight excluding hydrogens is 322 g/mol. The van der Waals surface area contributed by atoms with Crippen molar-refractivity contribution in [2.45, 2.75) is 20.1 Å². The Kier molecular flexibility index (Phi) is 9.24. The monoisotopic (exact) mass is 343 g/mol. The fourth-order valence-corrected chi connectivity index (χ4v) is 2.30. The van der Waals surface area contributed by atoms with Gasteiger partial charge < -0.3 is 14.8 Å². The molecule has 122 valence electrons. The van der Waals surface area contributed by atoms with Gasteiger partial charge in [-0.2, -0.15) is 0 Å². The van der Waals surface area contributed by atoms with Crippen LogP contribution in [0.25, 0.3) is 0 Å². The smallest absolute Gasteiger partial charge is 0.188 e. The summed E-state index contributed by atoms with van der Waals surface area (Å²) in [6.45, 7) is 5.48. The molecule has 0 atom stereocenters. The van der Waals surface area contributed by atoms with Crippen LogP contribution >= 0.6 is 23.4 Å². The molecule has 0 heterocycles. The van der Waals surface area contributed by atoms with E-state index in [9.17, 15) is 4.79 Å². The highest BCUT2D eigenvalue weighted by atomic mass is 35.5. The molecule has 0 aromatic heterocycles. The molecule has 1 rings (SSSR count). The van der Waals surface area contributed by atoms with Gasteiger partial charge in [-0.1, -0.05) is 11.6 Å². The van der Waals surface area contributed by atoms with Crippen molar-refractivity contribution in [1.29, 1.82) is 0 Å². The van der Waals surface area contributed by atoms with Gasteiger partial charge >= 0.3 is 0 Å². The number of allylic oxidation sites excluding steroid dienone is 1. The van der Waals surface area contributed by atoms with E-state index in [0.29, 0.717) is 30.3 Å². The quantitative estimate of drug-likeness (QED) is 0.398. The van der Waals surface area contributed by atoms with Gasteiger partial charge in [0.2, 0.25) is 0 Å². The summed E-state index contributed by atoms with van der Waals surface area (Å²) in [4.78, 5) is 12.2. The highest BCUT2D eigenvalue weighted by Gasteiger charge is 2.10. The highest BCUT2D eigenvalue weighted by molar-refractivity contribution is 8.02. The van der Waals surface area contributed by atoms with Gasteiger partial charge in [0.25, 0.3) is 0 Å². The number of halogens is 1. The van der Waals surface area contributed by atoms with Gasteiger partial charge in [-0.05, 0) is 44.4 Å². The molecule has 0 saturated heterocycles. The van der Waals surface area contributed by atoms with Gasteiger partial charge in [-0.25, -0.2) is 0 Å². The molecule has 0 aliphatic heterocycles. The summed E-state index contributed by atoms with van der Waals surface area (Å²) in [5, 5.41) is 4.56. The SMILES string of the molecule is CCOC(CN/C(=C/C(=O)c1ccc(Cl)cc1)SC)OCC. The number of nitrogens with one attached hydrogen (secondary N) is 1. The van der Waals surface area contributed by atoms with Crippen LogP contribution in [0.3, 0.4) is 0 Å². The summed E-state index contributed by atoms with van der Waals surface area (Å²) in [6, 6.07) is 6.83. The van der Waals surface area contributed by atoms with Gasteiger partial charge in [-0.15, -0.1) is 11.8 Å². The Morgan fingerprint density at radius 3 is 2.36 bits per heavy atom. The Morgan fingerprint density at radius 2 is 1.86 bits per heavy atom. The summed E-state index contributed by atoms with van der Waals surface area (Å²) < 4.78 is 10.9. The molecule has 0 saturated carbocycles. The van der Waals surface area contributed by atoms with Crippen LogP contribution in [-0.2, 0) is 9.47 Å². The molecule has 0 aliphatic carbocycles. The molecule has 0 radical (unpaired) electrons. The van der Waals surface area contributed by atoms with Crippen molar-refractivity contribution >= 4 is 29.1 Å². The van der Waals surface area contributed by atoms with Crippen LogP contribution in [-0.4, -0.2) is 38.1 Å². The number of rotatable bonds is 10. The first-order valence-electron chi connectivity index (χ1n) is 7.13. The number of thioether (sulfide) groups is 1. The summed E-state index contributed by atoms with van der Waals surface area (Å²) in [7, 11) is 0. The predicted molar refractivity (Wildman–Crippen MR) is 92.4 cm³/mol. The van der Waals surface area contributed by atoms with E-state index in [-0.39, 0.29) is 12.1 Å². The second kappa shape index (κ2) is 10.7. The maximum absolute atomic E-state index is 12.2. The first-order valence-corrected chi connectivity index (χ1v) is 8.73. The van der Waals surface area contributed by atoms with Crippen molar-refractivity contribution in [2.75, 3.05) is 26.0 Å². The molecule has 1 aromatic rings. The van der Waals surface area contributed by atoms with Crippen LogP contribution in [0.2, 0.25) is 5.02 Å². The van der Waals surface area contributed by atoms with Gasteiger partial charge in [0.1, 0.15) is 0 Å². The van der Waals surface area contributed by atoms with E-state index in [4.69, 9.17) is 21.1 Å². The normalized spacial score (nSPS) is 11.8. The van der Waals surface area contributed by atoms with Crippen molar-refractivity contribution in [3.05, 3.63) is 46.0 Å². The third-order valence-corrected chi connectivity index (χ3v) is 3.71. The Morgan fingerprint density at radius 1 is 1.27 bits per heavy atom. The van der Waals surface area contributed by atoms with Crippen LogP contribution in [0.1, 0.15) is 24.2 Å². The van der Waals surface area contributed by atoms with E-state index >= 15 is 0 Å². The number of ketones is 1.